The van der Waals surface area contributed by atoms with Gasteiger partial charge >= 0.3 is 0 Å². The van der Waals surface area contributed by atoms with Gasteiger partial charge in [0.05, 0.1) is 5.25 Å². The second-order valence-electron chi connectivity index (χ2n) is 6.90. The van der Waals surface area contributed by atoms with Crippen LogP contribution in [0, 0.1) is 0 Å². The van der Waals surface area contributed by atoms with Crippen LogP contribution in [0.1, 0.15) is 22.8 Å². The fourth-order valence-corrected chi connectivity index (χ4v) is 4.89. The third kappa shape index (κ3) is 5.85. The highest BCUT2D eigenvalue weighted by molar-refractivity contribution is 7.99. The molecule has 4 heteroatoms. The molecule has 0 spiro atoms. The lowest BCUT2D eigenvalue weighted by Crippen LogP contribution is -2.34. The largest absolute Gasteiger partial charge is 0.329 e. The van der Waals surface area contributed by atoms with E-state index >= 15 is 0 Å². The highest BCUT2D eigenvalue weighted by atomic mass is 32.2. The molecule has 0 radical (unpaired) electrons. The predicted molar refractivity (Wildman–Crippen MR) is 114 cm³/mol. The van der Waals surface area contributed by atoms with Crippen LogP contribution < -0.4 is 5.73 Å². The smallest absolute Gasteiger partial charge is 0.0547 e. The Balaban J connectivity index is 1.55. The molecule has 0 aliphatic carbocycles. The first kappa shape index (κ1) is 19.4. The Morgan fingerprint density at radius 3 is 1.85 bits per heavy atom. The molecule has 2 aromatic rings. The van der Waals surface area contributed by atoms with Crippen molar-refractivity contribution < 1.29 is 0 Å². The van der Waals surface area contributed by atoms with Gasteiger partial charge in [0.15, 0.2) is 0 Å². The zero-order valence-corrected chi connectivity index (χ0v) is 16.4. The fourth-order valence-electron chi connectivity index (χ4n) is 3.59. The van der Waals surface area contributed by atoms with Crippen LogP contribution in [0.3, 0.4) is 0 Å². The molecule has 1 fully saturated rings. The lowest BCUT2D eigenvalue weighted by atomic mass is 10.0. The third-order valence-electron chi connectivity index (χ3n) is 5.02. The van der Waals surface area contributed by atoms with E-state index in [1.807, 2.05) is 0 Å². The van der Waals surface area contributed by atoms with Crippen LogP contribution in [0.5, 0.6) is 0 Å². The van der Waals surface area contributed by atoms with Crippen molar-refractivity contribution in [3.05, 3.63) is 71.8 Å². The van der Waals surface area contributed by atoms with Crippen molar-refractivity contribution in [2.45, 2.75) is 11.7 Å². The summed E-state index contributed by atoms with van der Waals surface area (Å²) in [4.78, 5) is 5.13. The summed E-state index contributed by atoms with van der Waals surface area (Å²) in [6.07, 6.45) is 1.26. The average molecular weight is 370 g/mol. The standard InChI is InChI=1S/C22H31N3S/c23-12-15-24-13-7-14-25(17-16-24)18-19-26-22(20-8-3-1-4-9-20)21-10-5-2-6-11-21/h1-6,8-11,22H,7,12-19,23H2. The van der Waals surface area contributed by atoms with Gasteiger partial charge in [0.25, 0.3) is 0 Å². The highest BCUT2D eigenvalue weighted by Crippen LogP contribution is 2.35. The Bertz CT molecular complexity index is 580. The minimum atomic E-state index is 0.415. The summed E-state index contributed by atoms with van der Waals surface area (Å²) >= 11 is 2.06. The molecular weight excluding hydrogens is 338 g/mol. The van der Waals surface area contributed by atoms with Crippen LogP contribution in [0.2, 0.25) is 0 Å². The van der Waals surface area contributed by atoms with E-state index in [1.165, 1.54) is 37.2 Å². The van der Waals surface area contributed by atoms with Crippen LogP contribution in [-0.4, -0.2) is 61.4 Å². The van der Waals surface area contributed by atoms with Gasteiger partial charge in [0.2, 0.25) is 0 Å². The van der Waals surface area contributed by atoms with Crippen molar-refractivity contribution in [2.24, 2.45) is 5.73 Å². The molecule has 1 heterocycles. The molecule has 1 aliphatic rings. The Kier molecular flexibility index (Phi) is 8.02. The number of nitrogens with zero attached hydrogens (tertiary/aromatic N) is 2. The Morgan fingerprint density at radius 1 is 0.769 bits per heavy atom. The van der Waals surface area contributed by atoms with Gasteiger partial charge in [-0.05, 0) is 30.6 Å². The van der Waals surface area contributed by atoms with E-state index in [-0.39, 0.29) is 0 Å². The summed E-state index contributed by atoms with van der Waals surface area (Å²) in [5.74, 6) is 1.16. The Labute approximate surface area is 162 Å². The fraction of sp³-hybridized carbons (Fsp3) is 0.455. The monoisotopic (exact) mass is 369 g/mol. The first-order valence-electron chi connectivity index (χ1n) is 9.73. The van der Waals surface area contributed by atoms with E-state index in [0.29, 0.717) is 5.25 Å². The number of nitrogens with two attached hydrogens (primary N) is 1. The van der Waals surface area contributed by atoms with Crippen LogP contribution in [0.15, 0.2) is 60.7 Å². The van der Waals surface area contributed by atoms with Crippen molar-refractivity contribution in [1.29, 1.82) is 0 Å². The SMILES string of the molecule is NCCN1CCCN(CCSC(c2ccccc2)c2ccccc2)CC1. The number of hydrogen-bond acceptors (Lipinski definition) is 4. The van der Waals surface area contributed by atoms with E-state index in [2.05, 4.69) is 82.2 Å². The molecule has 0 atom stereocenters. The van der Waals surface area contributed by atoms with E-state index < -0.39 is 0 Å². The molecule has 0 unspecified atom stereocenters. The predicted octanol–water partition coefficient (Wildman–Crippen LogP) is 3.48. The van der Waals surface area contributed by atoms with Gasteiger partial charge in [-0.1, -0.05) is 60.7 Å². The third-order valence-corrected chi connectivity index (χ3v) is 6.32. The molecule has 2 aromatic carbocycles. The number of benzene rings is 2. The van der Waals surface area contributed by atoms with Crippen LogP contribution in [0.4, 0.5) is 0 Å². The molecule has 1 saturated heterocycles. The van der Waals surface area contributed by atoms with Crippen molar-refractivity contribution >= 4 is 11.8 Å². The molecular formula is C22H31N3S. The Morgan fingerprint density at radius 2 is 1.31 bits per heavy atom. The summed E-state index contributed by atoms with van der Waals surface area (Å²) < 4.78 is 0. The van der Waals surface area contributed by atoms with Gasteiger partial charge < -0.3 is 15.5 Å². The van der Waals surface area contributed by atoms with E-state index in [1.54, 1.807) is 0 Å². The highest BCUT2D eigenvalue weighted by Gasteiger charge is 2.17. The zero-order valence-electron chi connectivity index (χ0n) is 15.6. The number of thioether (sulfide) groups is 1. The van der Waals surface area contributed by atoms with E-state index in [9.17, 15) is 0 Å². The summed E-state index contributed by atoms with van der Waals surface area (Å²) in [6, 6.07) is 21.8. The Hall–Kier alpha value is -1.33. The average Bonchev–Trinajstić information content (AvgIpc) is 2.92. The van der Waals surface area contributed by atoms with Crippen molar-refractivity contribution in [2.75, 3.05) is 51.6 Å². The van der Waals surface area contributed by atoms with Crippen LogP contribution >= 0.6 is 11.8 Å². The molecule has 0 aromatic heterocycles. The quantitative estimate of drug-likeness (QED) is 0.772. The maximum absolute atomic E-state index is 5.71. The van der Waals surface area contributed by atoms with E-state index in [0.717, 1.165) is 31.9 Å². The topological polar surface area (TPSA) is 32.5 Å². The molecule has 2 N–H and O–H groups in total. The minimum Gasteiger partial charge on any atom is -0.329 e. The maximum atomic E-state index is 5.71. The van der Waals surface area contributed by atoms with Gasteiger partial charge in [0.1, 0.15) is 0 Å². The second kappa shape index (κ2) is 10.7. The van der Waals surface area contributed by atoms with Crippen molar-refractivity contribution in [1.82, 2.24) is 9.80 Å². The second-order valence-corrected chi connectivity index (χ2v) is 8.11. The summed E-state index contributed by atoms with van der Waals surface area (Å²) in [5, 5.41) is 0.415. The molecule has 26 heavy (non-hydrogen) atoms. The molecule has 3 rings (SSSR count). The first-order chi connectivity index (χ1) is 12.9. The van der Waals surface area contributed by atoms with Gasteiger partial charge in [-0.3, -0.25) is 0 Å². The lowest BCUT2D eigenvalue weighted by molar-refractivity contribution is 0.269. The molecule has 0 bridgehead atoms. The van der Waals surface area contributed by atoms with Crippen molar-refractivity contribution in [3.63, 3.8) is 0 Å². The van der Waals surface area contributed by atoms with Crippen LogP contribution in [-0.2, 0) is 0 Å². The van der Waals surface area contributed by atoms with Crippen molar-refractivity contribution in [3.8, 4) is 0 Å². The van der Waals surface area contributed by atoms with Gasteiger partial charge in [0, 0.05) is 38.5 Å². The molecule has 0 saturated carbocycles. The first-order valence-corrected chi connectivity index (χ1v) is 10.8. The van der Waals surface area contributed by atoms with Crippen LogP contribution in [0.25, 0.3) is 0 Å². The maximum Gasteiger partial charge on any atom is 0.0547 e. The molecule has 0 amide bonds. The number of hydrogen-bond donors (Lipinski definition) is 1. The summed E-state index contributed by atoms with van der Waals surface area (Å²) in [5.41, 5.74) is 8.50. The van der Waals surface area contributed by atoms with Gasteiger partial charge in [-0.15, -0.1) is 11.8 Å². The molecule has 140 valence electrons. The van der Waals surface area contributed by atoms with Gasteiger partial charge in [-0.25, -0.2) is 0 Å². The van der Waals surface area contributed by atoms with E-state index in [4.69, 9.17) is 5.73 Å². The zero-order chi connectivity index (χ0) is 18.0. The van der Waals surface area contributed by atoms with Gasteiger partial charge in [-0.2, -0.15) is 0 Å². The number of rotatable bonds is 8. The molecule has 1 aliphatic heterocycles. The summed E-state index contributed by atoms with van der Waals surface area (Å²) in [6.45, 7) is 7.70. The normalized spacial score (nSPS) is 16.7. The summed E-state index contributed by atoms with van der Waals surface area (Å²) in [7, 11) is 0. The lowest BCUT2D eigenvalue weighted by Gasteiger charge is -2.23. The molecule has 3 nitrogen and oxygen atoms in total. The minimum absolute atomic E-state index is 0.415.